The topological polar surface area (TPSA) is 0 Å². The number of rotatable bonds is 7. The van der Waals surface area contributed by atoms with E-state index in [-0.39, 0.29) is 0 Å². The van der Waals surface area contributed by atoms with Gasteiger partial charge in [-0.15, -0.1) is 0 Å². The van der Waals surface area contributed by atoms with Crippen LogP contribution in [0.2, 0.25) is 0 Å². The van der Waals surface area contributed by atoms with Gasteiger partial charge in [0.1, 0.15) is 6.17 Å². The van der Waals surface area contributed by atoms with Gasteiger partial charge >= 0.3 is 0 Å². The molecule has 0 aliphatic heterocycles. The minimum Gasteiger partial charge on any atom is -0.247 e. The van der Waals surface area contributed by atoms with Crippen LogP contribution in [-0.4, -0.2) is 6.17 Å². The van der Waals surface area contributed by atoms with Crippen molar-refractivity contribution in [2.45, 2.75) is 72.4 Å². The van der Waals surface area contributed by atoms with Crippen LogP contribution in [0.25, 0.3) is 0 Å². The number of halogens is 1. The summed E-state index contributed by atoms with van der Waals surface area (Å²) in [4.78, 5) is 0. The summed E-state index contributed by atoms with van der Waals surface area (Å²) in [6.45, 7) is 8.78. The zero-order valence-corrected chi connectivity index (χ0v) is 9.70. The quantitative estimate of drug-likeness (QED) is 0.541. The van der Waals surface area contributed by atoms with Crippen LogP contribution in [0.1, 0.15) is 66.2 Å². The van der Waals surface area contributed by atoms with Gasteiger partial charge in [0.2, 0.25) is 0 Å². The molecule has 0 heterocycles. The molecule has 0 saturated carbocycles. The first-order valence-electron chi connectivity index (χ1n) is 5.66. The summed E-state index contributed by atoms with van der Waals surface area (Å²) in [5, 5.41) is 0. The van der Waals surface area contributed by atoms with Crippen LogP contribution < -0.4 is 0 Å². The highest BCUT2D eigenvalue weighted by Crippen LogP contribution is 2.27. The van der Waals surface area contributed by atoms with Crippen molar-refractivity contribution in [1.29, 1.82) is 0 Å². The molecule has 0 aromatic heterocycles. The SMILES string of the molecule is CCCC(F)CCCC(C)(C)CC. The minimum atomic E-state index is -0.558. The fraction of sp³-hybridized carbons (Fsp3) is 1.00. The molecule has 0 N–H and O–H groups in total. The maximum atomic E-state index is 13.1. The zero-order chi connectivity index (χ0) is 10.3. The summed E-state index contributed by atoms with van der Waals surface area (Å²) < 4.78 is 13.1. The molecule has 0 aromatic rings. The highest BCUT2D eigenvalue weighted by molar-refractivity contribution is 4.67. The summed E-state index contributed by atoms with van der Waals surface area (Å²) in [6.07, 6.45) is 5.31. The highest BCUT2D eigenvalue weighted by Gasteiger charge is 2.15. The standard InChI is InChI=1S/C12H25F/c1-5-8-11(13)9-7-10-12(3,4)6-2/h11H,5-10H2,1-4H3. The van der Waals surface area contributed by atoms with E-state index in [9.17, 15) is 4.39 Å². The van der Waals surface area contributed by atoms with Crippen LogP contribution in [0.4, 0.5) is 4.39 Å². The van der Waals surface area contributed by atoms with Crippen LogP contribution in [0.3, 0.4) is 0 Å². The van der Waals surface area contributed by atoms with Crippen molar-refractivity contribution in [3.63, 3.8) is 0 Å². The van der Waals surface area contributed by atoms with Crippen molar-refractivity contribution in [3.05, 3.63) is 0 Å². The molecule has 0 spiro atoms. The average molecular weight is 188 g/mol. The van der Waals surface area contributed by atoms with Crippen molar-refractivity contribution in [2.24, 2.45) is 5.41 Å². The van der Waals surface area contributed by atoms with Gasteiger partial charge in [0.25, 0.3) is 0 Å². The van der Waals surface area contributed by atoms with E-state index < -0.39 is 6.17 Å². The third kappa shape index (κ3) is 7.04. The highest BCUT2D eigenvalue weighted by atomic mass is 19.1. The molecule has 0 nitrogen and oxygen atoms in total. The second kappa shape index (κ2) is 6.39. The van der Waals surface area contributed by atoms with Gasteiger partial charge in [-0.3, -0.25) is 0 Å². The summed E-state index contributed by atoms with van der Waals surface area (Å²) in [7, 11) is 0. The van der Waals surface area contributed by atoms with Crippen molar-refractivity contribution in [2.75, 3.05) is 0 Å². The van der Waals surface area contributed by atoms with E-state index in [2.05, 4.69) is 20.8 Å². The predicted molar refractivity (Wildman–Crippen MR) is 57.7 cm³/mol. The van der Waals surface area contributed by atoms with Crippen molar-refractivity contribution in [1.82, 2.24) is 0 Å². The van der Waals surface area contributed by atoms with Crippen LogP contribution in [0.5, 0.6) is 0 Å². The lowest BCUT2D eigenvalue weighted by atomic mass is 9.84. The lowest BCUT2D eigenvalue weighted by Crippen LogP contribution is -2.10. The summed E-state index contributed by atoms with van der Waals surface area (Å²) in [5.41, 5.74) is 0.409. The van der Waals surface area contributed by atoms with E-state index in [4.69, 9.17) is 0 Å². The number of hydrogen-bond acceptors (Lipinski definition) is 0. The van der Waals surface area contributed by atoms with Crippen molar-refractivity contribution in [3.8, 4) is 0 Å². The Labute approximate surface area is 82.9 Å². The Kier molecular flexibility index (Phi) is 6.36. The van der Waals surface area contributed by atoms with Crippen molar-refractivity contribution < 1.29 is 4.39 Å². The van der Waals surface area contributed by atoms with Gasteiger partial charge in [0.15, 0.2) is 0 Å². The normalized spacial score (nSPS) is 14.5. The fourth-order valence-electron chi connectivity index (χ4n) is 1.44. The summed E-state index contributed by atoms with van der Waals surface area (Å²) >= 11 is 0. The molecule has 0 amide bonds. The van der Waals surface area contributed by atoms with Gasteiger partial charge in [-0.25, -0.2) is 4.39 Å². The maximum absolute atomic E-state index is 13.1. The second-order valence-corrected chi connectivity index (χ2v) is 4.80. The van der Waals surface area contributed by atoms with Crippen LogP contribution in [-0.2, 0) is 0 Å². The van der Waals surface area contributed by atoms with Crippen LogP contribution in [0, 0.1) is 5.41 Å². The predicted octanol–water partition coefficient (Wildman–Crippen LogP) is 4.73. The zero-order valence-electron chi connectivity index (χ0n) is 9.70. The molecule has 0 aliphatic rings. The number of hydrogen-bond donors (Lipinski definition) is 0. The largest absolute Gasteiger partial charge is 0.247 e. The van der Waals surface area contributed by atoms with Crippen molar-refractivity contribution >= 4 is 0 Å². The van der Waals surface area contributed by atoms with E-state index in [1.807, 2.05) is 6.92 Å². The Morgan fingerprint density at radius 3 is 2.23 bits per heavy atom. The second-order valence-electron chi connectivity index (χ2n) is 4.80. The smallest absolute Gasteiger partial charge is 0.100 e. The lowest BCUT2D eigenvalue weighted by Gasteiger charge is -2.22. The Hall–Kier alpha value is -0.0700. The molecule has 1 heteroatoms. The third-order valence-corrected chi connectivity index (χ3v) is 2.93. The van der Waals surface area contributed by atoms with E-state index in [0.717, 1.165) is 32.1 Å². The van der Waals surface area contributed by atoms with E-state index in [1.54, 1.807) is 0 Å². The van der Waals surface area contributed by atoms with Crippen LogP contribution >= 0.6 is 0 Å². The van der Waals surface area contributed by atoms with Gasteiger partial charge in [-0.2, -0.15) is 0 Å². The molecule has 0 rings (SSSR count). The first kappa shape index (κ1) is 12.9. The molecule has 0 saturated heterocycles. The summed E-state index contributed by atoms with van der Waals surface area (Å²) in [5.74, 6) is 0. The molecular weight excluding hydrogens is 163 g/mol. The number of alkyl halides is 1. The fourth-order valence-corrected chi connectivity index (χ4v) is 1.44. The molecule has 13 heavy (non-hydrogen) atoms. The first-order valence-corrected chi connectivity index (χ1v) is 5.66. The molecule has 0 aromatic carbocycles. The summed E-state index contributed by atoms with van der Waals surface area (Å²) in [6, 6.07) is 0. The lowest BCUT2D eigenvalue weighted by molar-refractivity contribution is 0.252. The van der Waals surface area contributed by atoms with Gasteiger partial charge in [0, 0.05) is 0 Å². The van der Waals surface area contributed by atoms with Gasteiger partial charge in [0.05, 0.1) is 0 Å². The maximum Gasteiger partial charge on any atom is 0.100 e. The van der Waals surface area contributed by atoms with Gasteiger partial charge < -0.3 is 0 Å². The molecule has 1 atom stereocenters. The van der Waals surface area contributed by atoms with E-state index >= 15 is 0 Å². The molecule has 0 fully saturated rings. The Morgan fingerprint density at radius 1 is 1.15 bits per heavy atom. The molecule has 80 valence electrons. The molecule has 0 aliphatic carbocycles. The Bertz CT molecular complexity index is 118. The molecular formula is C12H25F. The monoisotopic (exact) mass is 188 g/mol. The van der Waals surface area contributed by atoms with Gasteiger partial charge in [-0.1, -0.05) is 47.0 Å². The van der Waals surface area contributed by atoms with Crippen LogP contribution in [0.15, 0.2) is 0 Å². The van der Waals surface area contributed by atoms with E-state index in [1.165, 1.54) is 6.42 Å². The Morgan fingerprint density at radius 2 is 1.77 bits per heavy atom. The third-order valence-electron chi connectivity index (χ3n) is 2.93. The first-order chi connectivity index (χ1) is 6.02. The molecule has 0 radical (unpaired) electrons. The van der Waals surface area contributed by atoms with Gasteiger partial charge in [-0.05, 0) is 24.7 Å². The molecule has 1 unspecified atom stereocenters. The Balaban J connectivity index is 3.44. The average Bonchev–Trinajstić information content (AvgIpc) is 2.05. The minimum absolute atomic E-state index is 0.409. The molecule has 0 bridgehead atoms. The van der Waals surface area contributed by atoms with E-state index in [0.29, 0.717) is 5.41 Å².